The number of hydrazone groups is 1. The van der Waals surface area contributed by atoms with Crippen molar-refractivity contribution in [3.8, 4) is 5.69 Å². The lowest BCUT2D eigenvalue weighted by molar-refractivity contribution is 0.0955. The first-order chi connectivity index (χ1) is 12.0. The van der Waals surface area contributed by atoms with Crippen molar-refractivity contribution in [2.45, 2.75) is 0 Å². The van der Waals surface area contributed by atoms with Gasteiger partial charge in [0.25, 0.3) is 5.91 Å². The third-order valence-corrected chi connectivity index (χ3v) is 4.64. The Hall–Kier alpha value is -2.08. The van der Waals surface area contributed by atoms with E-state index in [0.717, 1.165) is 15.9 Å². The molecule has 2 aromatic carbocycles. The number of hydrogen-bond donors (Lipinski definition) is 1. The van der Waals surface area contributed by atoms with Gasteiger partial charge in [-0.05, 0) is 48.5 Å². The number of aromatic nitrogens is 1. The topological polar surface area (TPSA) is 46.4 Å². The molecule has 1 N–H and O–H groups in total. The van der Waals surface area contributed by atoms with E-state index in [2.05, 4.69) is 26.5 Å². The van der Waals surface area contributed by atoms with E-state index in [4.69, 9.17) is 23.2 Å². The number of carbonyl (C=O) groups excluding carboxylic acids is 1. The molecule has 0 unspecified atom stereocenters. The smallest absolute Gasteiger partial charge is 0.271 e. The summed E-state index contributed by atoms with van der Waals surface area (Å²) >= 11 is 15.2. The van der Waals surface area contributed by atoms with Crippen molar-refractivity contribution in [2.75, 3.05) is 0 Å². The fourth-order valence-electron chi connectivity index (χ4n) is 2.22. The van der Waals surface area contributed by atoms with Crippen LogP contribution in [0.2, 0.25) is 10.0 Å². The lowest BCUT2D eigenvalue weighted by Crippen LogP contribution is -2.17. The van der Waals surface area contributed by atoms with Crippen molar-refractivity contribution in [1.29, 1.82) is 0 Å². The van der Waals surface area contributed by atoms with Crippen LogP contribution in [0.3, 0.4) is 0 Å². The van der Waals surface area contributed by atoms with Crippen LogP contribution >= 0.6 is 39.1 Å². The Morgan fingerprint density at radius 3 is 2.68 bits per heavy atom. The Balaban J connectivity index is 1.74. The Labute approximate surface area is 163 Å². The van der Waals surface area contributed by atoms with E-state index in [1.165, 1.54) is 6.07 Å². The molecule has 3 rings (SSSR count). The second-order valence-corrected chi connectivity index (χ2v) is 6.84. The molecular formula is C18H12BrCl2N3O. The van der Waals surface area contributed by atoms with E-state index in [0.29, 0.717) is 15.6 Å². The van der Waals surface area contributed by atoms with Crippen LogP contribution in [0.25, 0.3) is 5.69 Å². The van der Waals surface area contributed by atoms with E-state index in [9.17, 15) is 4.79 Å². The number of benzene rings is 2. The van der Waals surface area contributed by atoms with E-state index in [-0.39, 0.29) is 5.91 Å². The Morgan fingerprint density at radius 1 is 1.08 bits per heavy atom. The molecule has 1 aromatic heterocycles. The minimum absolute atomic E-state index is 0.321. The fourth-order valence-corrected chi connectivity index (χ4v) is 2.90. The van der Waals surface area contributed by atoms with Crippen molar-refractivity contribution in [3.05, 3.63) is 86.6 Å². The van der Waals surface area contributed by atoms with Gasteiger partial charge in [0.1, 0.15) is 0 Å². The maximum Gasteiger partial charge on any atom is 0.271 e. The van der Waals surface area contributed by atoms with E-state index < -0.39 is 0 Å². The lowest BCUT2D eigenvalue weighted by Gasteiger charge is -2.06. The minimum atomic E-state index is -0.365. The summed E-state index contributed by atoms with van der Waals surface area (Å²) in [6.07, 6.45) is 3.50. The Morgan fingerprint density at radius 2 is 1.92 bits per heavy atom. The van der Waals surface area contributed by atoms with Crippen LogP contribution in [-0.4, -0.2) is 16.7 Å². The number of nitrogens with zero attached hydrogens (tertiary/aromatic N) is 2. The first-order valence-corrected chi connectivity index (χ1v) is 8.81. The van der Waals surface area contributed by atoms with Crippen molar-refractivity contribution in [2.24, 2.45) is 5.10 Å². The van der Waals surface area contributed by atoms with Crippen LogP contribution in [0.15, 0.2) is 70.4 Å². The molecule has 126 valence electrons. The molecule has 0 aliphatic rings. The largest absolute Gasteiger partial charge is 0.316 e. The zero-order valence-corrected chi connectivity index (χ0v) is 15.9. The summed E-state index contributed by atoms with van der Waals surface area (Å²) in [5, 5.41) is 4.74. The van der Waals surface area contributed by atoms with Crippen LogP contribution in [0.5, 0.6) is 0 Å². The second kappa shape index (κ2) is 7.87. The zero-order valence-electron chi connectivity index (χ0n) is 12.8. The molecule has 0 aliphatic carbocycles. The van der Waals surface area contributed by atoms with Gasteiger partial charge in [0.15, 0.2) is 0 Å². The van der Waals surface area contributed by atoms with Crippen LogP contribution in [-0.2, 0) is 0 Å². The minimum Gasteiger partial charge on any atom is -0.316 e. The van der Waals surface area contributed by atoms with Crippen LogP contribution in [0.4, 0.5) is 0 Å². The first-order valence-electron chi connectivity index (χ1n) is 7.26. The highest BCUT2D eigenvalue weighted by atomic mass is 79.9. The van der Waals surface area contributed by atoms with Gasteiger partial charge in [-0.3, -0.25) is 4.79 Å². The van der Waals surface area contributed by atoms with Crippen LogP contribution in [0, 0.1) is 0 Å². The highest BCUT2D eigenvalue weighted by Gasteiger charge is 2.07. The SMILES string of the molecule is O=C(N/N=C\c1cccn1-c1cccc(Br)c1)c1ccc(Cl)c(Cl)c1. The van der Waals surface area contributed by atoms with Gasteiger partial charge in [-0.25, -0.2) is 5.43 Å². The summed E-state index contributed by atoms with van der Waals surface area (Å²) in [5.74, 6) is -0.365. The van der Waals surface area contributed by atoms with Gasteiger partial charge in [-0.1, -0.05) is 45.2 Å². The summed E-state index contributed by atoms with van der Waals surface area (Å²) in [6, 6.07) is 16.3. The van der Waals surface area contributed by atoms with E-state index in [1.807, 2.05) is 47.2 Å². The molecule has 0 bridgehead atoms. The molecule has 25 heavy (non-hydrogen) atoms. The van der Waals surface area contributed by atoms with Gasteiger partial charge in [0.05, 0.1) is 22.0 Å². The third kappa shape index (κ3) is 4.31. The Kier molecular flexibility index (Phi) is 5.58. The standard InChI is InChI=1S/C18H12BrCl2N3O/c19-13-3-1-4-14(10-13)24-8-2-5-15(24)11-22-23-18(25)12-6-7-16(20)17(21)9-12/h1-11H,(H,23,25)/b22-11-. The molecule has 0 atom stereocenters. The second-order valence-electron chi connectivity index (χ2n) is 5.11. The summed E-state index contributed by atoms with van der Waals surface area (Å²) in [4.78, 5) is 12.1. The van der Waals surface area contributed by atoms with Gasteiger partial charge in [-0.15, -0.1) is 0 Å². The van der Waals surface area contributed by atoms with Crippen molar-refractivity contribution in [3.63, 3.8) is 0 Å². The highest BCUT2D eigenvalue weighted by Crippen LogP contribution is 2.22. The quantitative estimate of drug-likeness (QED) is 0.437. The number of carbonyl (C=O) groups is 1. The number of halogens is 3. The number of hydrogen-bond acceptors (Lipinski definition) is 2. The lowest BCUT2D eigenvalue weighted by atomic mass is 10.2. The zero-order chi connectivity index (χ0) is 17.8. The van der Waals surface area contributed by atoms with Gasteiger partial charge in [0.2, 0.25) is 0 Å². The molecule has 3 aromatic rings. The summed E-state index contributed by atoms with van der Waals surface area (Å²) < 4.78 is 2.94. The van der Waals surface area contributed by atoms with E-state index in [1.54, 1.807) is 18.3 Å². The predicted octanol–water partition coefficient (Wildman–Crippen LogP) is 5.31. The fraction of sp³-hybridized carbons (Fsp3) is 0. The summed E-state index contributed by atoms with van der Waals surface area (Å²) in [6.45, 7) is 0. The molecule has 0 fully saturated rings. The summed E-state index contributed by atoms with van der Waals surface area (Å²) in [7, 11) is 0. The predicted molar refractivity (Wildman–Crippen MR) is 105 cm³/mol. The molecule has 0 spiro atoms. The molecule has 0 radical (unpaired) electrons. The molecule has 1 amide bonds. The molecule has 7 heteroatoms. The maximum absolute atomic E-state index is 12.1. The number of amides is 1. The number of rotatable bonds is 4. The molecule has 4 nitrogen and oxygen atoms in total. The monoisotopic (exact) mass is 435 g/mol. The normalized spacial score (nSPS) is 11.0. The molecule has 0 saturated heterocycles. The average molecular weight is 437 g/mol. The molecule has 0 aliphatic heterocycles. The average Bonchev–Trinajstić information content (AvgIpc) is 3.06. The van der Waals surface area contributed by atoms with Crippen LogP contribution in [0.1, 0.15) is 16.1 Å². The summed E-state index contributed by atoms with van der Waals surface area (Å²) in [5.41, 5.74) is 4.67. The molecule has 1 heterocycles. The first kappa shape index (κ1) is 17.7. The molecular weight excluding hydrogens is 425 g/mol. The maximum atomic E-state index is 12.1. The third-order valence-electron chi connectivity index (χ3n) is 3.41. The highest BCUT2D eigenvalue weighted by molar-refractivity contribution is 9.10. The van der Waals surface area contributed by atoms with Crippen molar-refractivity contribution >= 4 is 51.3 Å². The van der Waals surface area contributed by atoms with Gasteiger partial charge in [-0.2, -0.15) is 5.10 Å². The van der Waals surface area contributed by atoms with Crippen LogP contribution < -0.4 is 5.43 Å². The van der Waals surface area contributed by atoms with Crippen molar-refractivity contribution in [1.82, 2.24) is 9.99 Å². The van der Waals surface area contributed by atoms with E-state index >= 15 is 0 Å². The number of nitrogens with one attached hydrogen (secondary N) is 1. The van der Waals surface area contributed by atoms with Crippen molar-refractivity contribution < 1.29 is 4.79 Å². The van der Waals surface area contributed by atoms with Gasteiger partial charge in [0, 0.05) is 21.9 Å². The molecule has 0 saturated carbocycles. The van der Waals surface area contributed by atoms with Gasteiger partial charge >= 0.3 is 0 Å². The van der Waals surface area contributed by atoms with Gasteiger partial charge < -0.3 is 4.57 Å². The Bertz CT molecular complexity index is 953.